The van der Waals surface area contributed by atoms with Gasteiger partial charge in [-0.3, -0.25) is 14.5 Å². The molecule has 2 aromatic rings. The van der Waals surface area contributed by atoms with Gasteiger partial charge in [-0.15, -0.1) is 10.2 Å². The van der Waals surface area contributed by atoms with Gasteiger partial charge in [-0.1, -0.05) is 77.2 Å². The SMILES string of the molecule is CC(C)Cc1nnc(NC(=O)CCCN2C(=O)C(=Cc3ccc(Br)cc3)SC2=S)s1. The van der Waals surface area contributed by atoms with E-state index in [0.29, 0.717) is 33.2 Å². The Morgan fingerprint density at radius 2 is 2.03 bits per heavy atom. The third-order valence-electron chi connectivity index (χ3n) is 4.12. The Bertz CT molecular complexity index is 973. The summed E-state index contributed by atoms with van der Waals surface area (Å²) in [5.41, 5.74) is 0.937. The minimum atomic E-state index is -0.141. The molecule has 30 heavy (non-hydrogen) atoms. The van der Waals surface area contributed by atoms with E-state index in [0.717, 1.165) is 21.5 Å². The average molecular weight is 526 g/mol. The van der Waals surface area contributed by atoms with Gasteiger partial charge in [0, 0.05) is 23.9 Å². The number of hydrogen-bond donors (Lipinski definition) is 1. The van der Waals surface area contributed by atoms with Crippen LogP contribution in [-0.4, -0.2) is 37.8 Å². The smallest absolute Gasteiger partial charge is 0.266 e. The fourth-order valence-corrected chi connectivity index (χ4v) is 5.26. The summed E-state index contributed by atoms with van der Waals surface area (Å²) in [7, 11) is 0. The quantitative estimate of drug-likeness (QED) is 0.381. The number of hydrogen-bond acceptors (Lipinski definition) is 7. The third-order valence-corrected chi connectivity index (χ3v) is 6.89. The van der Waals surface area contributed by atoms with E-state index < -0.39 is 0 Å². The molecule has 0 aliphatic carbocycles. The molecule has 1 saturated heterocycles. The molecule has 1 N–H and O–H groups in total. The highest BCUT2D eigenvalue weighted by atomic mass is 79.9. The van der Waals surface area contributed by atoms with E-state index in [1.54, 1.807) is 4.90 Å². The van der Waals surface area contributed by atoms with E-state index in [1.807, 2.05) is 30.3 Å². The molecule has 0 bridgehead atoms. The van der Waals surface area contributed by atoms with Crippen LogP contribution < -0.4 is 5.32 Å². The molecular weight excluding hydrogens is 504 g/mol. The largest absolute Gasteiger partial charge is 0.301 e. The van der Waals surface area contributed by atoms with Crippen molar-refractivity contribution in [3.8, 4) is 0 Å². The van der Waals surface area contributed by atoms with Crippen LogP contribution in [0.4, 0.5) is 5.13 Å². The molecule has 0 spiro atoms. The van der Waals surface area contributed by atoms with E-state index in [2.05, 4.69) is 45.3 Å². The second-order valence-corrected chi connectivity index (χ2v) is 10.8. The zero-order valence-electron chi connectivity index (χ0n) is 16.6. The first kappa shape index (κ1) is 23.1. The zero-order valence-corrected chi connectivity index (χ0v) is 20.6. The number of nitrogens with zero attached hydrogens (tertiary/aromatic N) is 3. The van der Waals surface area contributed by atoms with Crippen LogP contribution in [0.15, 0.2) is 33.6 Å². The summed E-state index contributed by atoms with van der Waals surface area (Å²) < 4.78 is 1.50. The number of benzene rings is 1. The van der Waals surface area contributed by atoms with Crippen LogP contribution in [0.2, 0.25) is 0 Å². The Labute approximate surface area is 197 Å². The minimum Gasteiger partial charge on any atom is -0.301 e. The number of anilines is 1. The Hall–Kier alpha value is -1.62. The Morgan fingerprint density at radius 3 is 2.73 bits per heavy atom. The average Bonchev–Trinajstić information content (AvgIpc) is 3.21. The minimum absolute atomic E-state index is 0.115. The number of thioether (sulfide) groups is 1. The number of carbonyl (C=O) groups is 2. The normalized spacial score (nSPS) is 15.5. The van der Waals surface area contributed by atoms with Gasteiger partial charge in [-0.2, -0.15) is 0 Å². The number of nitrogens with one attached hydrogen (secondary N) is 1. The summed E-state index contributed by atoms with van der Waals surface area (Å²) in [5.74, 6) is 0.234. The summed E-state index contributed by atoms with van der Waals surface area (Å²) in [5, 5.41) is 12.3. The molecule has 10 heteroatoms. The molecular formula is C20H21BrN4O2S3. The van der Waals surface area contributed by atoms with Gasteiger partial charge in [0.15, 0.2) is 0 Å². The highest BCUT2D eigenvalue weighted by molar-refractivity contribution is 9.10. The molecule has 3 rings (SSSR count). The molecule has 2 heterocycles. The molecule has 2 amide bonds. The van der Waals surface area contributed by atoms with Crippen molar-refractivity contribution in [2.24, 2.45) is 5.92 Å². The first-order chi connectivity index (χ1) is 14.3. The summed E-state index contributed by atoms with van der Waals surface area (Å²) in [6.45, 7) is 4.63. The topological polar surface area (TPSA) is 75.2 Å². The highest BCUT2D eigenvalue weighted by Crippen LogP contribution is 2.33. The van der Waals surface area contributed by atoms with Gasteiger partial charge in [-0.25, -0.2) is 0 Å². The molecule has 1 fully saturated rings. The predicted octanol–water partition coefficient (Wildman–Crippen LogP) is 5.12. The van der Waals surface area contributed by atoms with Crippen LogP contribution in [0.3, 0.4) is 0 Å². The van der Waals surface area contributed by atoms with Crippen LogP contribution in [0.25, 0.3) is 6.08 Å². The van der Waals surface area contributed by atoms with Crippen molar-refractivity contribution in [2.75, 3.05) is 11.9 Å². The predicted molar refractivity (Wildman–Crippen MR) is 130 cm³/mol. The lowest BCUT2D eigenvalue weighted by molar-refractivity contribution is -0.122. The van der Waals surface area contributed by atoms with E-state index in [-0.39, 0.29) is 18.2 Å². The molecule has 0 unspecified atom stereocenters. The van der Waals surface area contributed by atoms with Crippen molar-refractivity contribution in [2.45, 2.75) is 33.1 Å². The molecule has 1 aliphatic heterocycles. The number of halogens is 1. The molecule has 0 saturated carbocycles. The first-order valence-electron chi connectivity index (χ1n) is 9.45. The van der Waals surface area contributed by atoms with Gasteiger partial charge in [0.25, 0.3) is 5.91 Å². The number of aromatic nitrogens is 2. The monoisotopic (exact) mass is 524 g/mol. The van der Waals surface area contributed by atoms with Crippen molar-refractivity contribution >= 4 is 78.6 Å². The van der Waals surface area contributed by atoms with Gasteiger partial charge in [-0.05, 0) is 36.1 Å². The lowest BCUT2D eigenvalue weighted by Gasteiger charge is -2.13. The van der Waals surface area contributed by atoms with E-state index >= 15 is 0 Å². The van der Waals surface area contributed by atoms with Crippen LogP contribution in [-0.2, 0) is 16.0 Å². The number of rotatable bonds is 8. The van der Waals surface area contributed by atoms with Crippen LogP contribution in [0.1, 0.15) is 37.3 Å². The highest BCUT2D eigenvalue weighted by Gasteiger charge is 2.31. The van der Waals surface area contributed by atoms with Gasteiger partial charge in [0.2, 0.25) is 11.0 Å². The van der Waals surface area contributed by atoms with Crippen molar-refractivity contribution in [3.05, 3.63) is 44.2 Å². The van der Waals surface area contributed by atoms with E-state index in [1.165, 1.54) is 23.1 Å². The van der Waals surface area contributed by atoms with Gasteiger partial charge in [0.05, 0.1) is 4.91 Å². The van der Waals surface area contributed by atoms with E-state index in [4.69, 9.17) is 12.2 Å². The summed E-state index contributed by atoms with van der Waals surface area (Å²) in [4.78, 5) is 27.0. The fourth-order valence-electron chi connectivity index (χ4n) is 2.72. The summed E-state index contributed by atoms with van der Waals surface area (Å²) >= 11 is 11.4. The molecule has 158 valence electrons. The second kappa shape index (κ2) is 10.6. The lowest BCUT2D eigenvalue weighted by atomic mass is 10.1. The number of carbonyl (C=O) groups excluding carboxylic acids is 2. The number of amides is 2. The number of thiocarbonyl (C=S) groups is 1. The lowest BCUT2D eigenvalue weighted by Crippen LogP contribution is -2.29. The van der Waals surface area contributed by atoms with Crippen LogP contribution in [0.5, 0.6) is 0 Å². The van der Waals surface area contributed by atoms with Gasteiger partial charge < -0.3 is 5.32 Å². The van der Waals surface area contributed by atoms with Crippen molar-refractivity contribution in [1.82, 2.24) is 15.1 Å². The van der Waals surface area contributed by atoms with Crippen LogP contribution >= 0.6 is 51.2 Å². The van der Waals surface area contributed by atoms with Crippen molar-refractivity contribution in [3.63, 3.8) is 0 Å². The molecule has 0 atom stereocenters. The maximum absolute atomic E-state index is 12.7. The molecule has 1 aromatic heterocycles. The molecule has 0 radical (unpaired) electrons. The standard InChI is InChI=1S/C20H21BrN4O2S3/c1-12(2)10-17-23-24-19(30-17)22-16(26)4-3-9-25-18(27)15(29-20(25)28)11-13-5-7-14(21)8-6-13/h5-8,11-12H,3-4,9-10H2,1-2H3,(H,22,24,26). The van der Waals surface area contributed by atoms with E-state index in [9.17, 15) is 9.59 Å². The second-order valence-electron chi connectivity index (χ2n) is 7.14. The van der Waals surface area contributed by atoms with Crippen molar-refractivity contribution < 1.29 is 9.59 Å². The van der Waals surface area contributed by atoms with Gasteiger partial charge >= 0.3 is 0 Å². The van der Waals surface area contributed by atoms with Crippen molar-refractivity contribution in [1.29, 1.82) is 0 Å². The fraction of sp³-hybridized carbons (Fsp3) is 0.350. The Morgan fingerprint density at radius 1 is 1.30 bits per heavy atom. The maximum atomic E-state index is 12.7. The van der Waals surface area contributed by atoms with Crippen LogP contribution in [0, 0.1) is 5.92 Å². The van der Waals surface area contributed by atoms with Gasteiger partial charge in [0.1, 0.15) is 9.33 Å². The molecule has 1 aliphatic rings. The summed E-state index contributed by atoms with van der Waals surface area (Å²) in [6.07, 6.45) is 3.47. The first-order valence-corrected chi connectivity index (χ1v) is 12.3. The summed E-state index contributed by atoms with van der Waals surface area (Å²) in [6, 6.07) is 7.71. The Kier molecular flexibility index (Phi) is 8.15. The Balaban J connectivity index is 1.49. The zero-order chi connectivity index (χ0) is 21.7. The third kappa shape index (κ3) is 6.44. The molecule has 6 nitrogen and oxygen atoms in total. The molecule has 1 aromatic carbocycles. The maximum Gasteiger partial charge on any atom is 0.266 e.